The molecule has 0 aliphatic carbocycles. The van der Waals surface area contributed by atoms with Gasteiger partial charge in [0.2, 0.25) is 0 Å². The van der Waals surface area contributed by atoms with Gasteiger partial charge in [0.15, 0.2) is 0 Å². The van der Waals surface area contributed by atoms with Crippen molar-refractivity contribution >= 4 is 28.7 Å². The SMILES string of the molecule is CCN1CCC(O)(c2ncc(-c3ccc(NC(=O)Nc4cc(C(F)(F)F)ccc4F)cc3)s2)C1. The van der Waals surface area contributed by atoms with Crippen molar-refractivity contribution in [2.45, 2.75) is 25.1 Å². The molecule has 1 aromatic heterocycles. The van der Waals surface area contributed by atoms with Crippen LogP contribution in [0.4, 0.5) is 33.7 Å². The molecule has 1 fully saturated rings. The highest BCUT2D eigenvalue weighted by atomic mass is 32.1. The Morgan fingerprint density at radius 2 is 1.94 bits per heavy atom. The Morgan fingerprint density at radius 1 is 1.21 bits per heavy atom. The summed E-state index contributed by atoms with van der Waals surface area (Å²) in [6.45, 7) is 4.27. The van der Waals surface area contributed by atoms with Gasteiger partial charge in [-0.3, -0.25) is 0 Å². The van der Waals surface area contributed by atoms with E-state index in [1.54, 1.807) is 30.5 Å². The zero-order valence-corrected chi connectivity index (χ0v) is 18.9. The molecule has 3 aromatic rings. The Bertz CT molecular complexity index is 1180. The van der Waals surface area contributed by atoms with Crippen LogP contribution in [0, 0.1) is 5.82 Å². The highest BCUT2D eigenvalue weighted by Gasteiger charge is 2.39. The molecule has 180 valence electrons. The highest BCUT2D eigenvalue weighted by molar-refractivity contribution is 7.15. The summed E-state index contributed by atoms with van der Waals surface area (Å²) in [6, 6.07) is 7.63. The summed E-state index contributed by atoms with van der Waals surface area (Å²) < 4.78 is 52.4. The number of carbonyl (C=O) groups excluding carboxylic acids is 1. The fraction of sp³-hybridized carbons (Fsp3) is 0.304. The summed E-state index contributed by atoms with van der Waals surface area (Å²) in [6.07, 6.45) is -2.34. The second-order valence-electron chi connectivity index (χ2n) is 8.03. The Kier molecular flexibility index (Phi) is 6.61. The van der Waals surface area contributed by atoms with Gasteiger partial charge in [0, 0.05) is 25.0 Å². The van der Waals surface area contributed by atoms with E-state index < -0.39 is 34.9 Å². The number of urea groups is 1. The lowest BCUT2D eigenvalue weighted by atomic mass is 10.1. The first-order valence-corrected chi connectivity index (χ1v) is 11.4. The van der Waals surface area contributed by atoms with E-state index in [0.29, 0.717) is 41.9 Å². The van der Waals surface area contributed by atoms with Gasteiger partial charge in [-0.15, -0.1) is 11.3 Å². The van der Waals surface area contributed by atoms with Gasteiger partial charge in [0.1, 0.15) is 16.4 Å². The predicted molar refractivity (Wildman–Crippen MR) is 122 cm³/mol. The number of nitrogens with zero attached hydrogens (tertiary/aromatic N) is 2. The molecule has 0 saturated carbocycles. The molecular weight excluding hydrogens is 472 g/mol. The van der Waals surface area contributed by atoms with Gasteiger partial charge in [-0.1, -0.05) is 19.1 Å². The summed E-state index contributed by atoms with van der Waals surface area (Å²) in [4.78, 5) is 19.6. The molecule has 2 amide bonds. The van der Waals surface area contributed by atoms with Gasteiger partial charge in [0.25, 0.3) is 0 Å². The molecule has 3 N–H and O–H groups in total. The number of rotatable bonds is 5. The summed E-state index contributed by atoms with van der Waals surface area (Å²) in [5, 5.41) is 16.2. The van der Waals surface area contributed by atoms with Crippen molar-refractivity contribution in [1.82, 2.24) is 9.88 Å². The third-order valence-electron chi connectivity index (χ3n) is 5.65. The van der Waals surface area contributed by atoms with Crippen LogP contribution in [0.5, 0.6) is 0 Å². The van der Waals surface area contributed by atoms with Crippen LogP contribution in [0.2, 0.25) is 0 Å². The number of aromatic nitrogens is 1. The molecule has 1 unspecified atom stereocenters. The zero-order chi connectivity index (χ0) is 24.5. The van der Waals surface area contributed by atoms with Crippen molar-refractivity contribution < 1.29 is 27.5 Å². The molecule has 11 heteroatoms. The van der Waals surface area contributed by atoms with Crippen molar-refractivity contribution in [3.63, 3.8) is 0 Å². The smallest absolute Gasteiger partial charge is 0.381 e. The van der Waals surface area contributed by atoms with Gasteiger partial charge in [-0.2, -0.15) is 13.2 Å². The normalized spacial score (nSPS) is 18.8. The maximum Gasteiger partial charge on any atom is 0.416 e. The van der Waals surface area contributed by atoms with E-state index in [1.807, 2.05) is 6.92 Å². The number of hydrogen-bond acceptors (Lipinski definition) is 5. The van der Waals surface area contributed by atoms with E-state index in [1.165, 1.54) is 11.3 Å². The average Bonchev–Trinajstić information content (AvgIpc) is 3.43. The molecule has 0 spiro atoms. The molecule has 0 radical (unpaired) electrons. The number of carbonyl (C=O) groups is 1. The first-order chi connectivity index (χ1) is 16.1. The molecule has 1 aliphatic rings. The second-order valence-corrected chi connectivity index (χ2v) is 9.06. The van der Waals surface area contributed by atoms with Crippen LogP contribution in [-0.2, 0) is 11.8 Å². The minimum absolute atomic E-state index is 0.367. The molecule has 0 bridgehead atoms. The molecule has 2 aromatic carbocycles. The number of alkyl halides is 3. The number of hydrogen-bond donors (Lipinski definition) is 3. The monoisotopic (exact) mass is 494 g/mol. The predicted octanol–water partition coefficient (Wildman–Crippen LogP) is 5.53. The second kappa shape index (κ2) is 9.32. The molecular formula is C23H22F4N4O2S. The van der Waals surface area contributed by atoms with Crippen molar-refractivity contribution in [2.75, 3.05) is 30.3 Å². The first kappa shape index (κ1) is 24.1. The Morgan fingerprint density at radius 3 is 2.59 bits per heavy atom. The third kappa shape index (κ3) is 5.21. The number of thiazole rings is 1. The fourth-order valence-corrected chi connectivity index (χ4v) is 4.77. The summed E-state index contributed by atoms with van der Waals surface area (Å²) in [7, 11) is 0. The van der Waals surface area contributed by atoms with E-state index in [-0.39, 0.29) is 0 Å². The third-order valence-corrected chi connectivity index (χ3v) is 6.89. The van der Waals surface area contributed by atoms with E-state index in [4.69, 9.17) is 0 Å². The number of nitrogens with one attached hydrogen (secondary N) is 2. The number of amides is 2. The van der Waals surface area contributed by atoms with Crippen LogP contribution in [0.3, 0.4) is 0 Å². The van der Waals surface area contributed by atoms with Crippen LogP contribution >= 0.6 is 11.3 Å². The van der Waals surface area contributed by atoms with E-state index in [9.17, 15) is 27.5 Å². The Labute approximate surface area is 197 Å². The highest BCUT2D eigenvalue weighted by Crippen LogP contribution is 2.37. The van der Waals surface area contributed by atoms with Gasteiger partial charge in [0.05, 0.1) is 16.1 Å². The quantitative estimate of drug-likeness (QED) is 0.408. The summed E-state index contributed by atoms with van der Waals surface area (Å²) >= 11 is 1.40. The van der Waals surface area contributed by atoms with Gasteiger partial charge < -0.3 is 20.6 Å². The minimum Gasteiger partial charge on any atom is -0.381 e. The lowest BCUT2D eigenvalue weighted by molar-refractivity contribution is -0.137. The number of benzene rings is 2. The van der Waals surface area contributed by atoms with E-state index in [2.05, 4.69) is 20.5 Å². The molecule has 1 atom stereocenters. The minimum atomic E-state index is -4.66. The average molecular weight is 495 g/mol. The molecule has 2 heterocycles. The molecule has 34 heavy (non-hydrogen) atoms. The summed E-state index contributed by atoms with van der Waals surface area (Å²) in [5.41, 5.74) is -1.41. The maximum atomic E-state index is 13.8. The number of β-amino-alcohol motifs (C(OH)–C–C–N with tert-alkyl or cyclic N) is 1. The molecule has 1 saturated heterocycles. The lowest BCUT2D eigenvalue weighted by Crippen LogP contribution is -2.30. The van der Waals surface area contributed by atoms with Gasteiger partial charge >= 0.3 is 12.2 Å². The van der Waals surface area contributed by atoms with Crippen LogP contribution in [0.15, 0.2) is 48.7 Å². The van der Waals surface area contributed by atoms with Crippen LogP contribution in [0.1, 0.15) is 23.9 Å². The fourth-order valence-electron chi connectivity index (χ4n) is 3.74. The molecule has 1 aliphatic heterocycles. The van der Waals surface area contributed by atoms with Gasteiger partial charge in [-0.25, -0.2) is 14.2 Å². The van der Waals surface area contributed by atoms with E-state index in [0.717, 1.165) is 23.5 Å². The first-order valence-electron chi connectivity index (χ1n) is 10.5. The van der Waals surface area contributed by atoms with Crippen molar-refractivity contribution in [3.8, 4) is 10.4 Å². The maximum absolute atomic E-state index is 13.8. The van der Waals surface area contributed by atoms with E-state index >= 15 is 0 Å². The van der Waals surface area contributed by atoms with Gasteiger partial charge in [-0.05, 0) is 48.9 Å². The van der Waals surface area contributed by atoms with Crippen LogP contribution in [-0.4, -0.2) is 40.7 Å². The van der Waals surface area contributed by atoms with Crippen molar-refractivity contribution in [3.05, 3.63) is 65.0 Å². The number of anilines is 2. The lowest BCUT2D eigenvalue weighted by Gasteiger charge is -2.20. The topological polar surface area (TPSA) is 77.5 Å². The van der Waals surface area contributed by atoms with Crippen molar-refractivity contribution in [2.24, 2.45) is 0 Å². The standard InChI is InChI=1S/C23H22F4N4O2S/c1-2-31-10-9-22(33,13-31)20-28-12-19(34-20)14-3-6-16(7-4-14)29-21(32)30-18-11-15(23(25,26)27)5-8-17(18)24/h3-8,11-12,33H,2,9-10,13H2,1H3,(H2,29,30,32). The van der Waals surface area contributed by atoms with Crippen LogP contribution < -0.4 is 10.6 Å². The number of likely N-dealkylation sites (N-methyl/N-ethyl adjacent to an activating group) is 1. The largest absolute Gasteiger partial charge is 0.416 e. The summed E-state index contributed by atoms with van der Waals surface area (Å²) in [5.74, 6) is -0.981. The zero-order valence-electron chi connectivity index (χ0n) is 18.1. The van der Waals surface area contributed by atoms with Crippen LogP contribution in [0.25, 0.3) is 10.4 Å². The molecule has 6 nitrogen and oxygen atoms in total. The number of likely N-dealkylation sites (tertiary alicyclic amines) is 1. The number of halogens is 4. The number of aliphatic hydroxyl groups is 1. The Balaban J connectivity index is 1.41. The molecule has 4 rings (SSSR count). The van der Waals surface area contributed by atoms with Crippen molar-refractivity contribution in [1.29, 1.82) is 0 Å². The Hall–Kier alpha value is -3.02.